The minimum atomic E-state index is 0.0760. The van der Waals surface area contributed by atoms with Crippen molar-refractivity contribution in [2.75, 3.05) is 18.0 Å². The minimum Gasteiger partial charge on any atom is -0.367 e. The maximum absolute atomic E-state index is 6.14. The molecule has 25 heavy (non-hydrogen) atoms. The molecule has 0 aromatic carbocycles. The topological polar surface area (TPSA) is 51.1 Å². The lowest BCUT2D eigenvalue weighted by atomic mass is 10.1. The van der Waals surface area contributed by atoms with Crippen LogP contribution in [0, 0.1) is 6.92 Å². The molecule has 4 heterocycles. The van der Waals surface area contributed by atoms with Crippen LogP contribution >= 0.6 is 11.3 Å². The van der Waals surface area contributed by atoms with E-state index in [1.54, 1.807) is 23.7 Å². The summed E-state index contributed by atoms with van der Waals surface area (Å²) in [5.41, 5.74) is 3.12. The third-order valence-electron chi connectivity index (χ3n) is 4.26. The van der Waals surface area contributed by atoms with E-state index >= 15 is 0 Å². The zero-order valence-corrected chi connectivity index (χ0v) is 15.1. The van der Waals surface area contributed by atoms with Gasteiger partial charge in [0, 0.05) is 42.8 Å². The average Bonchev–Trinajstić information content (AvgIpc) is 3.16. The van der Waals surface area contributed by atoms with Gasteiger partial charge in [-0.3, -0.25) is 4.98 Å². The van der Waals surface area contributed by atoms with Crippen molar-refractivity contribution in [3.63, 3.8) is 0 Å². The van der Waals surface area contributed by atoms with E-state index in [0.29, 0.717) is 5.82 Å². The number of thiophene rings is 1. The first-order valence-corrected chi connectivity index (χ1v) is 9.32. The molecule has 1 aliphatic heterocycles. The highest BCUT2D eigenvalue weighted by atomic mass is 32.1. The summed E-state index contributed by atoms with van der Waals surface area (Å²) in [7, 11) is 0. The molecule has 0 unspecified atom stereocenters. The molecule has 2 atom stereocenters. The van der Waals surface area contributed by atoms with Crippen molar-refractivity contribution >= 4 is 17.2 Å². The monoisotopic (exact) mass is 352 g/mol. The van der Waals surface area contributed by atoms with Gasteiger partial charge >= 0.3 is 0 Å². The number of hydrogen-bond donors (Lipinski definition) is 0. The molecule has 0 radical (unpaired) electrons. The Morgan fingerprint density at radius 3 is 2.92 bits per heavy atom. The van der Waals surface area contributed by atoms with Gasteiger partial charge in [0.05, 0.1) is 6.10 Å². The standard InChI is InChI=1S/C19H20N4OS/c1-13-8-18(22-19(21-13)15-4-3-6-20-9-15)23-10-14(2)24-17(11-23)16-5-7-25-12-16/h3-9,12,14,17H,10-11H2,1-2H3/t14-,17-/m0/s1. The summed E-state index contributed by atoms with van der Waals surface area (Å²) in [5, 5.41) is 4.25. The zero-order valence-electron chi connectivity index (χ0n) is 14.3. The molecule has 1 aliphatic rings. The van der Waals surface area contributed by atoms with Gasteiger partial charge in [0.2, 0.25) is 0 Å². The van der Waals surface area contributed by atoms with Crippen molar-refractivity contribution in [1.82, 2.24) is 15.0 Å². The molecule has 0 aliphatic carbocycles. The van der Waals surface area contributed by atoms with Gasteiger partial charge < -0.3 is 9.64 Å². The number of hydrogen-bond acceptors (Lipinski definition) is 6. The van der Waals surface area contributed by atoms with Gasteiger partial charge in [-0.05, 0) is 48.4 Å². The lowest BCUT2D eigenvalue weighted by Gasteiger charge is -2.37. The van der Waals surface area contributed by atoms with E-state index < -0.39 is 0 Å². The fraction of sp³-hybridized carbons (Fsp3) is 0.316. The molecule has 0 spiro atoms. The van der Waals surface area contributed by atoms with Crippen LogP contribution in [0.2, 0.25) is 0 Å². The van der Waals surface area contributed by atoms with Gasteiger partial charge in [-0.15, -0.1) is 0 Å². The highest BCUT2D eigenvalue weighted by Crippen LogP contribution is 2.30. The highest BCUT2D eigenvalue weighted by molar-refractivity contribution is 7.07. The van der Waals surface area contributed by atoms with Crippen molar-refractivity contribution in [2.24, 2.45) is 0 Å². The fourth-order valence-corrected chi connectivity index (χ4v) is 3.82. The number of aryl methyl sites for hydroxylation is 1. The molecule has 6 heteroatoms. The first-order chi connectivity index (χ1) is 12.2. The van der Waals surface area contributed by atoms with Crippen LogP contribution < -0.4 is 4.90 Å². The molecule has 1 saturated heterocycles. The minimum absolute atomic E-state index is 0.0760. The van der Waals surface area contributed by atoms with E-state index in [-0.39, 0.29) is 12.2 Å². The molecule has 1 fully saturated rings. The first kappa shape index (κ1) is 16.2. The van der Waals surface area contributed by atoms with Gasteiger partial charge in [-0.25, -0.2) is 9.97 Å². The van der Waals surface area contributed by atoms with Crippen LogP contribution in [0.1, 0.15) is 24.3 Å². The second kappa shape index (κ2) is 6.90. The molecule has 0 N–H and O–H groups in total. The summed E-state index contributed by atoms with van der Waals surface area (Å²) >= 11 is 1.70. The summed E-state index contributed by atoms with van der Waals surface area (Å²) in [5.74, 6) is 1.66. The van der Waals surface area contributed by atoms with Crippen LogP contribution in [0.4, 0.5) is 5.82 Å². The van der Waals surface area contributed by atoms with E-state index in [1.165, 1.54) is 5.56 Å². The molecular formula is C19H20N4OS. The lowest BCUT2D eigenvalue weighted by Crippen LogP contribution is -2.43. The Bertz CT molecular complexity index is 838. The maximum atomic E-state index is 6.14. The van der Waals surface area contributed by atoms with Crippen LogP contribution in [0.3, 0.4) is 0 Å². The SMILES string of the molecule is Cc1cc(N2C[C@@H](c3ccsc3)O[C@@H](C)C2)nc(-c2cccnc2)n1. The number of pyridine rings is 1. The van der Waals surface area contributed by atoms with Gasteiger partial charge in [0.15, 0.2) is 5.82 Å². The van der Waals surface area contributed by atoms with Crippen LogP contribution in [-0.4, -0.2) is 34.1 Å². The Morgan fingerprint density at radius 2 is 2.16 bits per heavy atom. The second-order valence-electron chi connectivity index (χ2n) is 6.33. The van der Waals surface area contributed by atoms with Gasteiger partial charge in [0.1, 0.15) is 11.9 Å². The van der Waals surface area contributed by atoms with Gasteiger partial charge in [-0.1, -0.05) is 0 Å². The van der Waals surface area contributed by atoms with Crippen LogP contribution in [0.15, 0.2) is 47.4 Å². The maximum Gasteiger partial charge on any atom is 0.163 e. The third-order valence-corrected chi connectivity index (χ3v) is 4.96. The van der Waals surface area contributed by atoms with Crippen molar-refractivity contribution < 1.29 is 4.74 Å². The van der Waals surface area contributed by atoms with Crippen molar-refractivity contribution in [3.8, 4) is 11.4 Å². The van der Waals surface area contributed by atoms with E-state index in [0.717, 1.165) is 30.2 Å². The summed E-state index contributed by atoms with van der Waals surface area (Å²) in [4.78, 5) is 15.9. The van der Waals surface area contributed by atoms with Crippen molar-refractivity contribution in [2.45, 2.75) is 26.1 Å². The number of anilines is 1. The molecule has 128 valence electrons. The summed E-state index contributed by atoms with van der Waals surface area (Å²) in [6.45, 7) is 5.74. The number of rotatable bonds is 3. The molecule has 3 aromatic heterocycles. The Balaban J connectivity index is 1.65. The Morgan fingerprint density at radius 1 is 1.24 bits per heavy atom. The van der Waals surface area contributed by atoms with E-state index in [9.17, 15) is 0 Å². The molecule has 3 aromatic rings. The van der Waals surface area contributed by atoms with Crippen molar-refractivity contribution in [1.29, 1.82) is 0 Å². The van der Waals surface area contributed by atoms with Crippen LogP contribution in [-0.2, 0) is 4.74 Å². The number of aromatic nitrogens is 3. The first-order valence-electron chi connectivity index (χ1n) is 8.37. The van der Waals surface area contributed by atoms with Gasteiger partial charge in [0.25, 0.3) is 0 Å². The Labute approximate surface area is 151 Å². The largest absolute Gasteiger partial charge is 0.367 e. The second-order valence-corrected chi connectivity index (χ2v) is 7.11. The van der Waals surface area contributed by atoms with Gasteiger partial charge in [-0.2, -0.15) is 11.3 Å². The lowest BCUT2D eigenvalue weighted by molar-refractivity contribution is -0.0174. The zero-order chi connectivity index (χ0) is 17.2. The number of morpholine rings is 1. The highest BCUT2D eigenvalue weighted by Gasteiger charge is 2.28. The normalized spacial score (nSPS) is 20.6. The van der Waals surface area contributed by atoms with Crippen molar-refractivity contribution in [3.05, 3.63) is 58.7 Å². The molecule has 5 nitrogen and oxygen atoms in total. The van der Waals surface area contributed by atoms with E-state index in [1.807, 2.05) is 25.1 Å². The summed E-state index contributed by atoms with van der Waals surface area (Å²) < 4.78 is 6.14. The molecule has 4 rings (SSSR count). The summed E-state index contributed by atoms with van der Waals surface area (Å²) in [6, 6.07) is 8.08. The predicted molar refractivity (Wildman–Crippen MR) is 99.8 cm³/mol. The molecule has 0 saturated carbocycles. The quantitative estimate of drug-likeness (QED) is 0.716. The number of ether oxygens (including phenoxy) is 1. The van der Waals surface area contributed by atoms with Crippen LogP contribution in [0.25, 0.3) is 11.4 Å². The van der Waals surface area contributed by atoms with Crippen LogP contribution in [0.5, 0.6) is 0 Å². The third kappa shape index (κ3) is 3.55. The summed E-state index contributed by atoms with van der Waals surface area (Å²) in [6.07, 6.45) is 3.78. The number of nitrogens with zero attached hydrogens (tertiary/aromatic N) is 4. The van der Waals surface area contributed by atoms with E-state index in [2.05, 4.69) is 38.6 Å². The van der Waals surface area contributed by atoms with E-state index in [4.69, 9.17) is 9.72 Å². The molecule has 0 amide bonds. The average molecular weight is 352 g/mol. The Kier molecular flexibility index (Phi) is 4.46. The fourth-order valence-electron chi connectivity index (χ4n) is 3.12. The predicted octanol–water partition coefficient (Wildman–Crippen LogP) is 3.87. The molecule has 0 bridgehead atoms. The smallest absolute Gasteiger partial charge is 0.163 e. The molecular weight excluding hydrogens is 332 g/mol. The Hall–Kier alpha value is -2.31.